The smallest absolute Gasteiger partial charge is 0.228 e. The third kappa shape index (κ3) is 4.47. The highest BCUT2D eigenvalue weighted by molar-refractivity contribution is 6.35. The Balaban J connectivity index is 0.00000225. The maximum absolute atomic E-state index is 12.6. The molecule has 1 heterocycles. The Morgan fingerprint density at radius 2 is 2.00 bits per heavy atom. The predicted octanol–water partition coefficient (Wildman–Crippen LogP) is 3.97. The number of anilines is 1. The molecule has 1 fully saturated rings. The lowest BCUT2D eigenvalue weighted by molar-refractivity contribution is -0.120. The number of benzene rings is 1. The summed E-state index contributed by atoms with van der Waals surface area (Å²) in [6, 6.07) is 7.14. The van der Waals surface area contributed by atoms with E-state index >= 15 is 0 Å². The Hall–Kier alpha value is -1.27. The van der Waals surface area contributed by atoms with Crippen molar-refractivity contribution < 1.29 is 4.79 Å². The van der Waals surface area contributed by atoms with Crippen LogP contribution in [0.25, 0.3) is 0 Å². The van der Waals surface area contributed by atoms with Gasteiger partial charge >= 0.3 is 0 Å². The lowest BCUT2D eigenvalue weighted by Crippen LogP contribution is -2.30. The number of aromatic nitrogens is 2. The van der Waals surface area contributed by atoms with E-state index < -0.39 is 0 Å². The molecule has 1 amide bonds. The molecule has 0 saturated heterocycles. The predicted molar refractivity (Wildman–Crippen MR) is 104 cm³/mol. The number of carbonyl (C=O) groups excluding carboxylic acids is 1. The Bertz CT molecular complexity index is 714. The molecule has 1 aromatic carbocycles. The lowest BCUT2D eigenvalue weighted by Gasteiger charge is -2.18. The van der Waals surface area contributed by atoms with E-state index in [2.05, 4.69) is 10.4 Å². The van der Waals surface area contributed by atoms with E-state index in [1.165, 1.54) is 0 Å². The first-order chi connectivity index (χ1) is 11.6. The SMILES string of the molecule is Cl.NC[C@H]1CCC[C@H]1C(=O)Nc1ccnn1Cc1c(Cl)cccc1Cl. The fourth-order valence-corrected chi connectivity index (χ4v) is 3.80. The van der Waals surface area contributed by atoms with Gasteiger partial charge in [-0.1, -0.05) is 35.7 Å². The molecule has 1 aromatic heterocycles. The van der Waals surface area contributed by atoms with Crippen molar-refractivity contribution in [3.05, 3.63) is 46.1 Å². The van der Waals surface area contributed by atoms with Gasteiger partial charge in [0.25, 0.3) is 0 Å². The molecular formula is C17H21Cl3N4O. The Morgan fingerprint density at radius 3 is 2.68 bits per heavy atom. The topological polar surface area (TPSA) is 72.9 Å². The molecule has 3 N–H and O–H groups in total. The molecule has 1 saturated carbocycles. The van der Waals surface area contributed by atoms with Crippen LogP contribution in [0.1, 0.15) is 24.8 Å². The van der Waals surface area contributed by atoms with Crippen LogP contribution in [-0.2, 0) is 11.3 Å². The number of nitrogens with zero attached hydrogens (tertiary/aromatic N) is 2. The Labute approximate surface area is 163 Å². The highest BCUT2D eigenvalue weighted by Gasteiger charge is 2.32. The van der Waals surface area contributed by atoms with Gasteiger partial charge in [0.1, 0.15) is 5.82 Å². The van der Waals surface area contributed by atoms with Crippen molar-refractivity contribution in [2.24, 2.45) is 17.6 Å². The average molecular weight is 404 g/mol. The zero-order valence-corrected chi connectivity index (χ0v) is 15.9. The van der Waals surface area contributed by atoms with Gasteiger partial charge in [-0.15, -0.1) is 12.4 Å². The molecule has 5 nitrogen and oxygen atoms in total. The zero-order valence-electron chi connectivity index (χ0n) is 13.6. The van der Waals surface area contributed by atoms with Crippen molar-refractivity contribution in [1.29, 1.82) is 0 Å². The first-order valence-electron chi connectivity index (χ1n) is 8.05. The molecule has 0 radical (unpaired) electrons. The van der Waals surface area contributed by atoms with Crippen LogP contribution in [0.2, 0.25) is 10.0 Å². The summed E-state index contributed by atoms with van der Waals surface area (Å²) in [5.41, 5.74) is 6.55. The molecule has 1 aliphatic carbocycles. The summed E-state index contributed by atoms with van der Waals surface area (Å²) in [6.07, 6.45) is 4.60. The fourth-order valence-electron chi connectivity index (χ4n) is 3.28. The molecule has 136 valence electrons. The van der Waals surface area contributed by atoms with E-state index in [-0.39, 0.29) is 30.2 Å². The van der Waals surface area contributed by atoms with E-state index in [4.69, 9.17) is 28.9 Å². The molecule has 0 aliphatic heterocycles. The molecule has 0 unspecified atom stereocenters. The molecule has 3 rings (SSSR count). The molecular weight excluding hydrogens is 383 g/mol. The maximum atomic E-state index is 12.6. The third-order valence-electron chi connectivity index (χ3n) is 4.64. The van der Waals surface area contributed by atoms with Gasteiger partial charge in [-0.25, -0.2) is 4.68 Å². The summed E-state index contributed by atoms with van der Waals surface area (Å²) in [5, 5.41) is 8.40. The Morgan fingerprint density at radius 1 is 1.28 bits per heavy atom. The first-order valence-corrected chi connectivity index (χ1v) is 8.81. The number of hydrogen-bond acceptors (Lipinski definition) is 3. The van der Waals surface area contributed by atoms with E-state index in [0.717, 1.165) is 24.8 Å². The van der Waals surface area contributed by atoms with Crippen molar-refractivity contribution in [2.45, 2.75) is 25.8 Å². The fraction of sp³-hybridized carbons (Fsp3) is 0.412. The molecule has 0 spiro atoms. The molecule has 8 heteroatoms. The van der Waals surface area contributed by atoms with Gasteiger partial charge in [0, 0.05) is 27.6 Å². The summed E-state index contributed by atoms with van der Waals surface area (Å²) in [6.45, 7) is 0.943. The first kappa shape index (κ1) is 20.0. The van der Waals surface area contributed by atoms with E-state index in [9.17, 15) is 4.79 Å². The van der Waals surface area contributed by atoms with Gasteiger partial charge in [-0.3, -0.25) is 4.79 Å². The van der Waals surface area contributed by atoms with Gasteiger partial charge in [-0.05, 0) is 37.4 Å². The molecule has 1 aliphatic rings. The number of rotatable bonds is 5. The number of carbonyl (C=O) groups is 1. The van der Waals surface area contributed by atoms with Gasteiger partial charge in [0.15, 0.2) is 0 Å². The van der Waals surface area contributed by atoms with Crippen LogP contribution in [-0.4, -0.2) is 22.2 Å². The molecule has 2 atom stereocenters. The lowest BCUT2D eigenvalue weighted by atomic mass is 9.95. The van der Waals surface area contributed by atoms with Crippen molar-refractivity contribution >= 4 is 47.3 Å². The zero-order chi connectivity index (χ0) is 17.1. The van der Waals surface area contributed by atoms with Crippen LogP contribution in [0.4, 0.5) is 5.82 Å². The highest BCUT2D eigenvalue weighted by atomic mass is 35.5. The summed E-state index contributed by atoms with van der Waals surface area (Å²) in [7, 11) is 0. The maximum Gasteiger partial charge on any atom is 0.228 e. The summed E-state index contributed by atoms with van der Waals surface area (Å²) in [5.74, 6) is 0.884. The second-order valence-corrected chi connectivity index (χ2v) is 6.91. The van der Waals surface area contributed by atoms with Gasteiger partial charge in [-0.2, -0.15) is 5.10 Å². The third-order valence-corrected chi connectivity index (χ3v) is 5.34. The standard InChI is InChI=1S/C17H20Cl2N4O.ClH/c18-14-5-2-6-15(19)13(14)10-23-16(7-8-21-23)22-17(24)12-4-1-3-11(12)9-20;/h2,5-8,11-12H,1,3-4,9-10,20H2,(H,22,24);1H/t11-,12-;/m1./s1. The monoisotopic (exact) mass is 402 g/mol. The second kappa shape index (κ2) is 8.90. The van der Waals surface area contributed by atoms with Crippen molar-refractivity contribution in [3.8, 4) is 0 Å². The van der Waals surface area contributed by atoms with E-state index in [0.29, 0.717) is 29.0 Å². The Kier molecular flexibility index (Phi) is 7.14. The minimum atomic E-state index is -0.0257. The molecule has 25 heavy (non-hydrogen) atoms. The largest absolute Gasteiger partial charge is 0.330 e. The van der Waals surface area contributed by atoms with Crippen LogP contribution >= 0.6 is 35.6 Å². The molecule has 0 bridgehead atoms. The summed E-state index contributed by atoms with van der Waals surface area (Å²) in [4.78, 5) is 12.6. The van der Waals surface area contributed by atoms with Crippen molar-refractivity contribution in [1.82, 2.24) is 9.78 Å². The summed E-state index contributed by atoms with van der Waals surface area (Å²) < 4.78 is 1.69. The van der Waals surface area contributed by atoms with Gasteiger partial charge in [0.05, 0.1) is 12.7 Å². The van der Waals surface area contributed by atoms with Crippen LogP contribution in [0, 0.1) is 11.8 Å². The summed E-state index contributed by atoms with van der Waals surface area (Å²) >= 11 is 12.4. The van der Waals surface area contributed by atoms with E-state index in [1.807, 2.05) is 0 Å². The van der Waals surface area contributed by atoms with Gasteiger partial charge in [0.2, 0.25) is 5.91 Å². The normalized spacial score (nSPS) is 19.5. The average Bonchev–Trinajstić information content (AvgIpc) is 3.20. The highest BCUT2D eigenvalue weighted by Crippen LogP contribution is 2.32. The minimum absolute atomic E-state index is 0. The molecule has 2 aromatic rings. The van der Waals surface area contributed by atoms with Gasteiger partial charge < -0.3 is 11.1 Å². The number of nitrogens with two attached hydrogens (primary N) is 1. The minimum Gasteiger partial charge on any atom is -0.330 e. The number of halogens is 3. The number of hydrogen-bond donors (Lipinski definition) is 2. The van der Waals surface area contributed by atoms with Crippen LogP contribution in [0.3, 0.4) is 0 Å². The van der Waals surface area contributed by atoms with Crippen molar-refractivity contribution in [3.63, 3.8) is 0 Å². The second-order valence-electron chi connectivity index (χ2n) is 6.10. The number of amides is 1. The van der Waals surface area contributed by atoms with Crippen molar-refractivity contribution in [2.75, 3.05) is 11.9 Å². The van der Waals surface area contributed by atoms with Crippen LogP contribution < -0.4 is 11.1 Å². The van der Waals surface area contributed by atoms with Crippen LogP contribution in [0.5, 0.6) is 0 Å². The van der Waals surface area contributed by atoms with E-state index in [1.54, 1.807) is 35.1 Å². The van der Waals surface area contributed by atoms with Crippen LogP contribution in [0.15, 0.2) is 30.5 Å². The number of nitrogens with one attached hydrogen (secondary N) is 1. The quantitative estimate of drug-likeness (QED) is 0.793.